The van der Waals surface area contributed by atoms with Crippen LogP contribution in [0, 0.1) is 0 Å². The van der Waals surface area contributed by atoms with Crippen molar-refractivity contribution in [3.8, 4) is 0 Å². The maximum Gasteiger partial charge on any atom is 0.371 e. The normalized spacial score (nSPS) is 17.5. The van der Waals surface area contributed by atoms with Crippen molar-refractivity contribution in [2.45, 2.75) is 51.0 Å². The van der Waals surface area contributed by atoms with Gasteiger partial charge in [0.25, 0.3) is 5.91 Å². The Bertz CT molecular complexity index is 444. The molecule has 0 spiro atoms. The molecule has 2 N–H and O–H groups in total. The summed E-state index contributed by atoms with van der Waals surface area (Å²) < 4.78 is 4.99. The molecule has 1 aliphatic carbocycles. The van der Waals surface area contributed by atoms with E-state index in [-0.39, 0.29) is 23.5 Å². The lowest BCUT2D eigenvalue weighted by Crippen LogP contribution is -2.35. The molecule has 1 saturated carbocycles. The first-order valence-electron chi connectivity index (χ1n) is 6.81. The highest BCUT2D eigenvalue weighted by Crippen LogP contribution is 2.18. The van der Waals surface area contributed by atoms with E-state index >= 15 is 0 Å². The molecule has 1 heterocycles. The number of amides is 1. The van der Waals surface area contributed by atoms with Crippen LogP contribution >= 0.6 is 0 Å². The van der Waals surface area contributed by atoms with Crippen LogP contribution in [-0.4, -0.2) is 23.0 Å². The summed E-state index contributed by atoms with van der Waals surface area (Å²) in [5, 5.41) is 11.7. The van der Waals surface area contributed by atoms with Crippen molar-refractivity contribution in [2.75, 3.05) is 0 Å². The van der Waals surface area contributed by atoms with Gasteiger partial charge < -0.3 is 14.8 Å². The standard InChI is InChI=1S/C14H19NO4/c16-13(11-8-9-12(19-11)14(17)18)15-10-6-4-2-1-3-5-7-10/h8-10H,1-7H2,(H,15,16)(H,17,18). The minimum Gasteiger partial charge on any atom is -0.475 e. The van der Waals surface area contributed by atoms with Gasteiger partial charge in [-0.15, -0.1) is 0 Å². The first kappa shape index (κ1) is 13.6. The lowest BCUT2D eigenvalue weighted by molar-refractivity contribution is 0.0659. The second-order valence-electron chi connectivity index (χ2n) is 4.98. The van der Waals surface area contributed by atoms with Crippen LogP contribution < -0.4 is 5.32 Å². The van der Waals surface area contributed by atoms with Gasteiger partial charge in [-0.1, -0.05) is 32.1 Å². The number of hydrogen-bond donors (Lipinski definition) is 2. The highest BCUT2D eigenvalue weighted by Gasteiger charge is 2.18. The molecule has 0 aromatic carbocycles. The monoisotopic (exact) mass is 265 g/mol. The molecule has 2 rings (SSSR count). The van der Waals surface area contributed by atoms with Crippen molar-refractivity contribution in [3.05, 3.63) is 23.7 Å². The first-order valence-corrected chi connectivity index (χ1v) is 6.81. The zero-order valence-corrected chi connectivity index (χ0v) is 10.9. The Morgan fingerprint density at radius 3 is 2.21 bits per heavy atom. The largest absolute Gasteiger partial charge is 0.475 e. The fourth-order valence-electron chi connectivity index (χ4n) is 2.43. The van der Waals surface area contributed by atoms with Gasteiger partial charge in [0.15, 0.2) is 5.76 Å². The number of furan rings is 1. The number of carbonyl (C=O) groups is 2. The summed E-state index contributed by atoms with van der Waals surface area (Å²) in [7, 11) is 0. The predicted octanol–water partition coefficient (Wildman–Crippen LogP) is 2.82. The molecule has 0 atom stereocenters. The Hall–Kier alpha value is -1.78. The maximum atomic E-state index is 11.9. The number of hydrogen-bond acceptors (Lipinski definition) is 3. The van der Waals surface area contributed by atoms with Crippen molar-refractivity contribution in [1.82, 2.24) is 5.32 Å². The molecule has 5 nitrogen and oxygen atoms in total. The number of carboxylic acids is 1. The molecule has 0 unspecified atom stereocenters. The zero-order valence-electron chi connectivity index (χ0n) is 10.9. The fourth-order valence-corrected chi connectivity index (χ4v) is 2.43. The Morgan fingerprint density at radius 1 is 1.05 bits per heavy atom. The molecule has 1 amide bonds. The summed E-state index contributed by atoms with van der Waals surface area (Å²) in [6, 6.07) is 2.88. The van der Waals surface area contributed by atoms with Crippen LogP contribution in [0.25, 0.3) is 0 Å². The third kappa shape index (κ3) is 3.84. The molecule has 1 aromatic heterocycles. The van der Waals surface area contributed by atoms with Crippen LogP contribution in [-0.2, 0) is 0 Å². The highest BCUT2D eigenvalue weighted by atomic mass is 16.4. The summed E-state index contributed by atoms with van der Waals surface area (Å²) in [5.74, 6) is -1.62. The number of nitrogens with one attached hydrogen (secondary N) is 1. The topological polar surface area (TPSA) is 79.5 Å². The van der Waals surface area contributed by atoms with Gasteiger partial charge in [-0.2, -0.15) is 0 Å². The molecule has 0 bridgehead atoms. The Labute approximate surface area is 112 Å². The van der Waals surface area contributed by atoms with Gasteiger partial charge in [-0.05, 0) is 25.0 Å². The van der Waals surface area contributed by atoms with Gasteiger partial charge in [0.05, 0.1) is 0 Å². The van der Waals surface area contributed by atoms with Gasteiger partial charge in [-0.25, -0.2) is 4.79 Å². The third-order valence-corrected chi connectivity index (χ3v) is 3.48. The molecule has 5 heteroatoms. The molecule has 0 aliphatic heterocycles. The van der Waals surface area contributed by atoms with Gasteiger partial charge in [0.1, 0.15) is 0 Å². The van der Waals surface area contributed by atoms with E-state index in [1.165, 1.54) is 31.4 Å². The van der Waals surface area contributed by atoms with Crippen molar-refractivity contribution >= 4 is 11.9 Å². The zero-order chi connectivity index (χ0) is 13.7. The van der Waals surface area contributed by atoms with E-state index in [0.29, 0.717) is 0 Å². The lowest BCUT2D eigenvalue weighted by atomic mass is 9.97. The molecule has 0 radical (unpaired) electrons. The van der Waals surface area contributed by atoms with Crippen LogP contribution in [0.4, 0.5) is 0 Å². The third-order valence-electron chi connectivity index (χ3n) is 3.48. The average Bonchev–Trinajstić information content (AvgIpc) is 2.82. The minimum atomic E-state index is -1.16. The Balaban J connectivity index is 1.93. The van der Waals surface area contributed by atoms with E-state index in [2.05, 4.69) is 5.32 Å². The van der Waals surface area contributed by atoms with E-state index in [0.717, 1.165) is 25.7 Å². The summed E-state index contributed by atoms with van der Waals surface area (Å²) in [6.07, 6.45) is 7.94. The highest BCUT2D eigenvalue weighted by molar-refractivity contribution is 5.93. The Kier molecular flexibility index (Phi) is 4.60. The van der Waals surface area contributed by atoms with Crippen LogP contribution in [0.2, 0.25) is 0 Å². The first-order chi connectivity index (χ1) is 9.16. The summed E-state index contributed by atoms with van der Waals surface area (Å²) in [4.78, 5) is 22.6. The average molecular weight is 265 g/mol. The van der Waals surface area contributed by atoms with Crippen molar-refractivity contribution < 1.29 is 19.1 Å². The van der Waals surface area contributed by atoms with Gasteiger partial charge in [0, 0.05) is 6.04 Å². The predicted molar refractivity (Wildman–Crippen MR) is 69.2 cm³/mol. The maximum absolute atomic E-state index is 11.9. The summed E-state index contributed by atoms with van der Waals surface area (Å²) in [6.45, 7) is 0. The van der Waals surface area contributed by atoms with E-state index in [1.807, 2.05) is 0 Å². The van der Waals surface area contributed by atoms with E-state index in [4.69, 9.17) is 9.52 Å². The van der Waals surface area contributed by atoms with Gasteiger partial charge in [-0.3, -0.25) is 4.79 Å². The van der Waals surface area contributed by atoms with Crippen LogP contribution in [0.5, 0.6) is 0 Å². The van der Waals surface area contributed by atoms with E-state index < -0.39 is 5.97 Å². The molecule has 0 saturated heterocycles. The molecule has 104 valence electrons. The molecular weight excluding hydrogens is 246 g/mol. The summed E-state index contributed by atoms with van der Waals surface area (Å²) in [5.41, 5.74) is 0. The molecule has 1 fully saturated rings. The van der Waals surface area contributed by atoms with Crippen LogP contribution in [0.1, 0.15) is 66.1 Å². The van der Waals surface area contributed by atoms with Crippen molar-refractivity contribution in [2.24, 2.45) is 0 Å². The fraction of sp³-hybridized carbons (Fsp3) is 0.571. The minimum absolute atomic E-state index is 0.0689. The van der Waals surface area contributed by atoms with Crippen LogP contribution in [0.3, 0.4) is 0 Å². The quantitative estimate of drug-likeness (QED) is 0.880. The second kappa shape index (κ2) is 6.41. The Morgan fingerprint density at radius 2 is 1.63 bits per heavy atom. The molecule has 19 heavy (non-hydrogen) atoms. The van der Waals surface area contributed by atoms with Crippen molar-refractivity contribution in [1.29, 1.82) is 0 Å². The SMILES string of the molecule is O=C(O)c1ccc(C(=O)NC2CCCCCCC2)o1. The number of carbonyl (C=O) groups excluding carboxylic acids is 1. The number of carboxylic acid groups (broad SMARTS) is 1. The second-order valence-corrected chi connectivity index (χ2v) is 4.98. The van der Waals surface area contributed by atoms with Gasteiger partial charge in [0.2, 0.25) is 5.76 Å². The van der Waals surface area contributed by atoms with Gasteiger partial charge >= 0.3 is 5.97 Å². The van der Waals surface area contributed by atoms with Crippen molar-refractivity contribution in [3.63, 3.8) is 0 Å². The number of aromatic carboxylic acids is 1. The number of rotatable bonds is 3. The van der Waals surface area contributed by atoms with Crippen LogP contribution in [0.15, 0.2) is 16.5 Å². The molecule has 1 aromatic rings. The van der Waals surface area contributed by atoms with E-state index in [1.54, 1.807) is 0 Å². The lowest BCUT2D eigenvalue weighted by Gasteiger charge is -2.20. The molecular formula is C14H19NO4. The van der Waals surface area contributed by atoms with E-state index in [9.17, 15) is 9.59 Å². The summed E-state index contributed by atoms with van der Waals surface area (Å²) >= 11 is 0. The molecule has 1 aliphatic rings. The smallest absolute Gasteiger partial charge is 0.371 e.